The van der Waals surface area contributed by atoms with E-state index in [0.29, 0.717) is 5.92 Å². The summed E-state index contributed by atoms with van der Waals surface area (Å²) >= 11 is 0. The first-order valence-electron chi connectivity index (χ1n) is 8.35. The molecule has 4 unspecified atom stereocenters. The van der Waals surface area contributed by atoms with E-state index in [1.165, 1.54) is 6.42 Å². The molecule has 4 heteroatoms. The number of nitrogens with zero attached hydrogens (tertiary/aromatic N) is 1. The van der Waals surface area contributed by atoms with Crippen LogP contribution in [0.15, 0.2) is 0 Å². The Hall–Kier alpha value is -0.610. The molecule has 0 aromatic carbocycles. The maximum atomic E-state index is 12.7. The second-order valence-electron chi connectivity index (χ2n) is 6.31. The molecule has 1 amide bonds. The van der Waals surface area contributed by atoms with Gasteiger partial charge >= 0.3 is 0 Å². The predicted octanol–water partition coefficient (Wildman–Crippen LogP) is 2.53. The van der Waals surface area contributed by atoms with Crippen LogP contribution in [0.3, 0.4) is 0 Å². The summed E-state index contributed by atoms with van der Waals surface area (Å²) in [5, 5.41) is 3.55. The average molecular weight is 282 g/mol. The molecule has 0 aromatic heterocycles. The number of ether oxygens (including phenoxy) is 1. The molecule has 4 nitrogen and oxygen atoms in total. The van der Waals surface area contributed by atoms with E-state index in [1.54, 1.807) is 0 Å². The van der Waals surface area contributed by atoms with Crippen molar-refractivity contribution >= 4 is 5.91 Å². The van der Waals surface area contributed by atoms with Gasteiger partial charge in [-0.05, 0) is 31.6 Å². The fourth-order valence-corrected chi connectivity index (χ4v) is 3.24. The third-order valence-electron chi connectivity index (χ3n) is 4.75. The molecule has 4 atom stereocenters. The highest BCUT2D eigenvalue weighted by Gasteiger charge is 2.41. The van der Waals surface area contributed by atoms with Gasteiger partial charge in [-0.25, -0.2) is 0 Å². The normalized spacial score (nSPS) is 32.6. The lowest BCUT2D eigenvalue weighted by molar-refractivity contribution is -0.133. The van der Waals surface area contributed by atoms with Crippen LogP contribution < -0.4 is 5.32 Å². The van der Waals surface area contributed by atoms with Crippen molar-refractivity contribution in [1.29, 1.82) is 0 Å². The van der Waals surface area contributed by atoms with Crippen molar-refractivity contribution in [2.75, 3.05) is 13.2 Å². The van der Waals surface area contributed by atoms with Crippen molar-refractivity contribution in [2.45, 2.75) is 77.6 Å². The molecule has 2 saturated heterocycles. The van der Waals surface area contributed by atoms with Crippen molar-refractivity contribution in [2.24, 2.45) is 5.92 Å². The summed E-state index contributed by atoms with van der Waals surface area (Å²) in [4.78, 5) is 14.7. The van der Waals surface area contributed by atoms with E-state index < -0.39 is 0 Å². The topological polar surface area (TPSA) is 41.6 Å². The Kier molecular flexibility index (Phi) is 5.85. The Bertz CT molecular complexity index is 316. The molecular formula is C16H30N2O2. The number of carbonyl (C=O) groups is 1. The van der Waals surface area contributed by atoms with E-state index in [4.69, 9.17) is 4.74 Å². The van der Waals surface area contributed by atoms with Crippen LogP contribution >= 0.6 is 0 Å². The van der Waals surface area contributed by atoms with Gasteiger partial charge in [-0.2, -0.15) is 0 Å². The molecule has 0 aliphatic carbocycles. The molecule has 20 heavy (non-hydrogen) atoms. The zero-order valence-electron chi connectivity index (χ0n) is 13.2. The van der Waals surface area contributed by atoms with Crippen LogP contribution in [0.25, 0.3) is 0 Å². The molecule has 1 N–H and O–H groups in total. The summed E-state index contributed by atoms with van der Waals surface area (Å²) in [7, 11) is 0. The summed E-state index contributed by atoms with van der Waals surface area (Å²) < 4.78 is 5.82. The molecule has 2 rings (SSSR count). The number of amides is 1. The summed E-state index contributed by atoms with van der Waals surface area (Å²) in [6.45, 7) is 8.12. The van der Waals surface area contributed by atoms with Crippen LogP contribution in [0, 0.1) is 5.92 Å². The first-order chi connectivity index (χ1) is 9.67. The minimum absolute atomic E-state index is 0.000130. The number of rotatable bonds is 6. The minimum Gasteiger partial charge on any atom is -0.376 e. The molecule has 2 aliphatic rings. The van der Waals surface area contributed by atoms with Crippen molar-refractivity contribution in [3.8, 4) is 0 Å². The van der Waals surface area contributed by atoms with Gasteiger partial charge in [-0.15, -0.1) is 0 Å². The first-order valence-corrected chi connectivity index (χ1v) is 8.35. The Morgan fingerprint density at radius 1 is 1.40 bits per heavy atom. The molecule has 116 valence electrons. The maximum absolute atomic E-state index is 12.7. The lowest BCUT2D eigenvalue weighted by Gasteiger charge is -2.30. The van der Waals surface area contributed by atoms with Crippen LogP contribution in [0.5, 0.6) is 0 Å². The van der Waals surface area contributed by atoms with E-state index in [2.05, 4.69) is 31.0 Å². The smallest absolute Gasteiger partial charge is 0.241 e. The van der Waals surface area contributed by atoms with Gasteiger partial charge in [0.15, 0.2) is 0 Å². The van der Waals surface area contributed by atoms with Crippen molar-refractivity contribution < 1.29 is 9.53 Å². The molecule has 0 saturated carbocycles. The Morgan fingerprint density at radius 2 is 2.20 bits per heavy atom. The van der Waals surface area contributed by atoms with E-state index in [1.807, 2.05) is 0 Å². The lowest BCUT2D eigenvalue weighted by atomic mass is 9.99. The molecule has 0 radical (unpaired) electrons. The fraction of sp³-hybridized carbons (Fsp3) is 0.938. The zero-order valence-corrected chi connectivity index (χ0v) is 13.2. The highest BCUT2D eigenvalue weighted by Crippen LogP contribution is 2.24. The molecular weight excluding hydrogens is 252 g/mol. The predicted molar refractivity (Wildman–Crippen MR) is 80.4 cm³/mol. The van der Waals surface area contributed by atoms with Gasteiger partial charge in [-0.1, -0.05) is 33.6 Å². The molecule has 0 spiro atoms. The standard InChI is InChI=1S/C16H30N2O2/c1-4-8-14-17-15(12(3)5-2)16(19)18(14)11-13-9-6-7-10-20-13/h12-15,17H,4-11H2,1-3H3. The summed E-state index contributed by atoms with van der Waals surface area (Å²) in [5.74, 6) is 0.686. The van der Waals surface area contributed by atoms with Crippen molar-refractivity contribution in [3.05, 3.63) is 0 Å². The van der Waals surface area contributed by atoms with E-state index in [9.17, 15) is 4.79 Å². The van der Waals surface area contributed by atoms with Gasteiger partial charge in [0.25, 0.3) is 0 Å². The Balaban J connectivity index is 2.00. The van der Waals surface area contributed by atoms with Gasteiger partial charge in [0, 0.05) is 13.2 Å². The maximum Gasteiger partial charge on any atom is 0.241 e. The van der Waals surface area contributed by atoms with Gasteiger partial charge in [-0.3, -0.25) is 10.1 Å². The van der Waals surface area contributed by atoms with Gasteiger partial charge in [0.1, 0.15) is 0 Å². The van der Waals surface area contributed by atoms with Crippen molar-refractivity contribution in [1.82, 2.24) is 10.2 Å². The Labute approximate surface area is 123 Å². The summed E-state index contributed by atoms with van der Waals surface area (Å²) in [6, 6.07) is 0.000130. The van der Waals surface area contributed by atoms with Crippen LogP contribution in [0.1, 0.15) is 59.3 Å². The van der Waals surface area contributed by atoms with Crippen LogP contribution in [-0.2, 0) is 9.53 Å². The third-order valence-corrected chi connectivity index (χ3v) is 4.75. The van der Waals surface area contributed by atoms with Gasteiger partial charge in [0.2, 0.25) is 5.91 Å². The lowest BCUT2D eigenvalue weighted by Crippen LogP contribution is -2.43. The molecule has 0 bridgehead atoms. The zero-order chi connectivity index (χ0) is 14.5. The number of nitrogens with one attached hydrogen (secondary N) is 1. The molecule has 2 heterocycles. The molecule has 0 aromatic rings. The van der Waals surface area contributed by atoms with Crippen LogP contribution in [0.4, 0.5) is 0 Å². The number of carbonyl (C=O) groups excluding carboxylic acids is 1. The quantitative estimate of drug-likeness (QED) is 0.814. The molecule has 2 aliphatic heterocycles. The average Bonchev–Trinajstić information content (AvgIpc) is 2.77. The Morgan fingerprint density at radius 3 is 2.80 bits per heavy atom. The third kappa shape index (κ3) is 3.53. The SMILES string of the molecule is CCCC1NC(C(C)CC)C(=O)N1CC1CCCCO1. The van der Waals surface area contributed by atoms with Crippen LogP contribution in [0.2, 0.25) is 0 Å². The summed E-state index contributed by atoms with van der Waals surface area (Å²) in [6.07, 6.45) is 7.10. The monoisotopic (exact) mass is 282 g/mol. The van der Waals surface area contributed by atoms with E-state index in [0.717, 1.165) is 45.3 Å². The highest BCUT2D eigenvalue weighted by molar-refractivity contribution is 5.84. The first kappa shape index (κ1) is 15.8. The second-order valence-corrected chi connectivity index (χ2v) is 6.31. The van der Waals surface area contributed by atoms with E-state index >= 15 is 0 Å². The largest absolute Gasteiger partial charge is 0.376 e. The van der Waals surface area contributed by atoms with E-state index in [-0.39, 0.29) is 24.2 Å². The molecule has 2 fully saturated rings. The van der Waals surface area contributed by atoms with Gasteiger partial charge < -0.3 is 9.64 Å². The highest BCUT2D eigenvalue weighted by atomic mass is 16.5. The number of hydrogen-bond donors (Lipinski definition) is 1. The van der Waals surface area contributed by atoms with Crippen LogP contribution in [-0.4, -0.2) is 42.3 Å². The van der Waals surface area contributed by atoms with Crippen molar-refractivity contribution in [3.63, 3.8) is 0 Å². The number of hydrogen-bond acceptors (Lipinski definition) is 3. The second kappa shape index (κ2) is 7.41. The van der Waals surface area contributed by atoms with Gasteiger partial charge in [0.05, 0.1) is 18.3 Å². The fourth-order valence-electron chi connectivity index (χ4n) is 3.24. The minimum atomic E-state index is 0.000130. The summed E-state index contributed by atoms with van der Waals surface area (Å²) in [5.41, 5.74) is 0.